The Morgan fingerprint density at radius 3 is 2.81 bits per heavy atom. The number of halogens is 1. The summed E-state index contributed by atoms with van der Waals surface area (Å²) < 4.78 is 5.27. The van der Waals surface area contributed by atoms with E-state index < -0.39 is 4.92 Å². The fraction of sp³-hybridized carbons (Fsp3) is 0.455. The molecule has 16 heavy (non-hydrogen) atoms. The standard InChI is InChI=1S/C11H14BrNO3/c1-2-16-11-8-9(4-3-7-12)5-6-10(11)13(14)15/h5-6,8H,2-4,7H2,1H3. The maximum atomic E-state index is 10.7. The molecular formula is C11H14BrNO3. The Hall–Kier alpha value is -1.10. The van der Waals surface area contributed by atoms with Gasteiger partial charge < -0.3 is 4.74 Å². The van der Waals surface area contributed by atoms with Gasteiger partial charge in [0.2, 0.25) is 0 Å². The average Bonchev–Trinajstić information content (AvgIpc) is 2.26. The highest BCUT2D eigenvalue weighted by Crippen LogP contribution is 2.28. The van der Waals surface area contributed by atoms with Crippen molar-refractivity contribution in [3.05, 3.63) is 33.9 Å². The predicted molar refractivity (Wildman–Crippen MR) is 66.4 cm³/mol. The molecule has 0 aliphatic heterocycles. The minimum Gasteiger partial charge on any atom is -0.487 e. The van der Waals surface area contributed by atoms with Gasteiger partial charge in [0.15, 0.2) is 5.75 Å². The van der Waals surface area contributed by atoms with Crippen LogP contribution in [0.5, 0.6) is 5.75 Å². The minimum atomic E-state index is -0.417. The predicted octanol–water partition coefficient (Wildman–Crippen LogP) is 3.32. The zero-order chi connectivity index (χ0) is 12.0. The third-order valence-electron chi connectivity index (χ3n) is 2.12. The first-order valence-electron chi connectivity index (χ1n) is 5.15. The molecule has 88 valence electrons. The summed E-state index contributed by atoms with van der Waals surface area (Å²) in [5.74, 6) is 0.361. The first-order valence-corrected chi connectivity index (χ1v) is 6.27. The highest BCUT2D eigenvalue weighted by atomic mass is 79.9. The molecule has 1 aromatic carbocycles. The van der Waals surface area contributed by atoms with Gasteiger partial charge in [-0.05, 0) is 31.4 Å². The van der Waals surface area contributed by atoms with Gasteiger partial charge in [0.05, 0.1) is 11.5 Å². The molecule has 0 unspecified atom stereocenters. The second-order valence-electron chi connectivity index (χ2n) is 3.28. The van der Waals surface area contributed by atoms with Crippen LogP contribution in [0.25, 0.3) is 0 Å². The van der Waals surface area contributed by atoms with Gasteiger partial charge in [-0.25, -0.2) is 0 Å². The molecule has 4 nitrogen and oxygen atoms in total. The zero-order valence-corrected chi connectivity index (χ0v) is 10.7. The lowest BCUT2D eigenvalue weighted by Gasteiger charge is -2.06. The maximum Gasteiger partial charge on any atom is 0.310 e. The van der Waals surface area contributed by atoms with E-state index in [1.54, 1.807) is 12.1 Å². The summed E-state index contributed by atoms with van der Waals surface area (Å²) in [4.78, 5) is 10.3. The van der Waals surface area contributed by atoms with Gasteiger partial charge in [0, 0.05) is 11.4 Å². The number of hydrogen-bond acceptors (Lipinski definition) is 3. The van der Waals surface area contributed by atoms with Crippen molar-refractivity contribution in [2.75, 3.05) is 11.9 Å². The molecule has 0 aromatic heterocycles. The summed E-state index contributed by atoms with van der Waals surface area (Å²) in [5, 5.41) is 11.7. The second kappa shape index (κ2) is 6.48. The average molecular weight is 288 g/mol. The molecule has 0 radical (unpaired) electrons. The summed E-state index contributed by atoms with van der Waals surface area (Å²) in [5.41, 5.74) is 1.10. The van der Waals surface area contributed by atoms with E-state index >= 15 is 0 Å². The van der Waals surface area contributed by atoms with Gasteiger partial charge in [0.1, 0.15) is 0 Å². The minimum absolute atomic E-state index is 0.0319. The van der Waals surface area contributed by atoms with Crippen molar-refractivity contribution < 1.29 is 9.66 Å². The number of hydrogen-bond donors (Lipinski definition) is 0. The number of alkyl halides is 1. The normalized spacial score (nSPS) is 10.1. The first-order chi connectivity index (χ1) is 7.69. The van der Waals surface area contributed by atoms with E-state index in [1.165, 1.54) is 6.07 Å². The molecule has 0 bridgehead atoms. The zero-order valence-electron chi connectivity index (χ0n) is 9.11. The van der Waals surface area contributed by atoms with Crippen LogP contribution >= 0.6 is 15.9 Å². The molecule has 0 atom stereocenters. The molecule has 0 heterocycles. The van der Waals surface area contributed by atoms with Gasteiger partial charge in [-0.15, -0.1) is 0 Å². The first kappa shape index (κ1) is 13.0. The Kier molecular flexibility index (Phi) is 5.25. The summed E-state index contributed by atoms with van der Waals surface area (Å²) in [6.45, 7) is 2.25. The topological polar surface area (TPSA) is 52.4 Å². The third-order valence-corrected chi connectivity index (χ3v) is 2.68. The summed E-state index contributed by atoms with van der Waals surface area (Å²) in [6, 6.07) is 5.04. The van der Waals surface area contributed by atoms with Crippen molar-refractivity contribution in [1.82, 2.24) is 0 Å². The SMILES string of the molecule is CCOc1cc(CCCBr)ccc1[N+](=O)[O-]. The molecule has 0 spiro atoms. The number of nitrogens with zero attached hydrogens (tertiary/aromatic N) is 1. The maximum absolute atomic E-state index is 10.7. The molecule has 0 amide bonds. The van der Waals surface area contributed by atoms with Crippen molar-refractivity contribution in [1.29, 1.82) is 0 Å². The summed E-state index contributed by atoms with van der Waals surface area (Å²) in [7, 11) is 0. The van der Waals surface area contributed by atoms with E-state index in [9.17, 15) is 10.1 Å². The van der Waals surface area contributed by atoms with Crippen LogP contribution in [0.4, 0.5) is 5.69 Å². The van der Waals surface area contributed by atoms with E-state index in [-0.39, 0.29) is 5.69 Å². The van der Waals surface area contributed by atoms with Gasteiger partial charge in [-0.3, -0.25) is 10.1 Å². The number of benzene rings is 1. The van der Waals surface area contributed by atoms with Crippen LogP contribution in [0.1, 0.15) is 18.9 Å². The van der Waals surface area contributed by atoms with E-state index in [2.05, 4.69) is 15.9 Å². The Balaban J connectivity index is 2.92. The van der Waals surface area contributed by atoms with Crippen molar-refractivity contribution in [3.8, 4) is 5.75 Å². The molecule has 0 saturated carbocycles. The van der Waals surface area contributed by atoms with Gasteiger partial charge >= 0.3 is 5.69 Å². The Bertz CT molecular complexity index is 368. The molecule has 0 aliphatic rings. The smallest absolute Gasteiger partial charge is 0.310 e. The van der Waals surface area contributed by atoms with Crippen LogP contribution in [0.15, 0.2) is 18.2 Å². The van der Waals surface area contributed by atoms with Gasteiger partial charge in [-0.2, -0.15) is 0 Å². The lowest BCUT2D eigenvalue weighted by Crippen LogP contribution is -1.98. The Morgan fingerprint density at radius 1 is 1.50 bits per heavy atom. The van der Waals surface area contributed by atoms with Gasteiger partial charge in [0.25, 0.3) is 0 Å². The van der Waals surface area contributed by atoms with Crippen LogP contribution in [0.3, 0.4) is 0 Å². The molecular weight excluding hydrogens is 274 g/mol. The number of ether oxygens (including phenoxy) is 1. The van der Waals surface area contributed by atoms with Crippen LogP contribution < -0.4 is 4.74 Å². The Labute approximate surface area is 103 Å². The molecule has 0 N–H and O–H groups in total. The van der Waals surface area contributed by atoms with E-state index in [0.717, 1.165) is 23.7 Å². The van der Waals surface area contributed by atoms with Crippen LogP contribution in [0, 0.1) is 10.1 Å². The lowest BCUT2D eigenvalue weighted by molar-refractivity contribution is -0.385. The molecule has 1 rings (SSSR count). The van der Waals surface area contributed by atoms with Gasteiger partial charge in [-0.1, -0.05) is 22.0 Å². The number of nitro groups is 1. The number of aryl methyl sites for hydroxylation is 1. The highest BCUT2D eigenvalue weighted by Gasteiger charge is 2.14. The number of rotatable bonds is 6. The largest absolute Gasteiger partial charge is 0.487 e. The van der Waals surface area contributed by atoms with Crippen molar-refractivity contribution in [2.45, 2.75) is 19.8 Å². The van der Waals surface area contributed by atoms with Crippen molar-refractivity contribution in [3.63, 3.8) is 0 Å². The fourth-order valence-corrected chi connectivity index (χ4v) is 1.69. The quantitative estimate of drug-likeness (QED) is 0.458. The van der Waals surface area contributed by atoms with E-state index in [0.29, 0.717) is 12.4 Å². The van der Waals surface area contributed by atoms with E-state index in [1.807, 2.05) is 6.92 Å². The number of nitro benzene ring substituents is 1. The van der Waals surface area contributed by atoms with Crippen LogP contribution in [-0.2, 0) is 6.42 Å². The summed E-state index contributed by atoms with van der Waals surface area (Å²) in [6.07, 6.45) is 1.90. The van der Waals surface area contributed by atoms with Crippen LogP contribution in [0.2, 0.25) is 0 Å². The third kappa shape index (κ3) is 3.48. The monoisotopic (exact) mass is 287 g/mol. The molecule has 0 fully saturated rings. The van der Waals surface area contributed by atoms with Crippen LogP contribution in [-0.4, -0.2) is 16.9 Å². The Morgan fingerprint density at radius 2 is 2.25 bits per heavy atom. The summed E-state index contributed by atoms with van der Waals surface area (Å²) >= 11 is 3.35. The highest BCUT2D eigenvalue weighted by molar-refractivity contribution is 9.09. The van der Waals surface area contributed by atoms with Crippen molar-refractivity contribution in [2.24, 2.45) is 0 Å². The molecule has 1 aromatic rings. The lowest BCUT2D eigenvalue weighted by atomic mass is 10.1. The second-order valence-corrected chi connectivity index (χ2v) is 4.08. The fourth-order valence-electron chi connectivity index (χ4n) is 1.41. The molecule has 0 aliphatic carbocycles. The van der Waals surface area contributed by atoms with E-state index in [4.69, 9.17) is 4.74 Å². The van der Waals surface area contributed by atoms with Crippen molar-refractivity contribution >= 4 is 21.6 Å². The molecule has 5 heteroatoms. The molecule has 0 saturated heterocycles.